The van der Waals surface area contributed by atoms with Crippen LogP contribution in [-0.4, -0.2) is 67.6 Å². The van der Waals surface area contributed by atoms with Gasteiger partial charge in [-0.25, -0.2) is 9.48 Å². The fraction of sp³-hybridized carbons (Fsp3) is 0.263. The standard InChI is InChI=1S/C38H39N5O4/c1-38(2,3)33(28-16-9-5-10-17-28)32-25-41(37(45)46)22-23-42(32)36(44)34-35(29-18-11-6-12-19-29)43(40-39-34)30-20-13-21-31(24-30)47-26-27-14-7-4-8-15-27/h4-21,24,32-33H,22-23,25-26H2,1-3H3,(H,45,46)/t32-,33?/m0/s1. The third-order valence-corrected chi connectivity index (χ3v) is 8.66. The van der Waals surface area contributed by atoms with Gasteiger partial charge in [-0.1, -0.05) is 123 Å². The zero-order chi connectivity index (χ0) is 33.0. The van der Waals surface area contributed by atoms with Gasteiger partial charge in [0.25, 0.3) is 5.91 Å². The van der Waals surface area contributed by atoms with Gasteiger partial charge >= 0.3 is 6.09 Å². The first-order valence-electron chi connectivity index (χ1n) is 15.8. The number of carboxylic acid groups (broad SMARTS) is 1. The van der Waals surface area contributed by atoms with E-state index in [1.807, 2.05) is 108 Å². The predicted molar refractivity (Wildman–Crippen MR) is 181 cm³/mol. The van der Waals surface area contributed by atoms with Gasteiger partial charge in [-0.15, -0.1) is 5.10 Å². The van der Waals surface area contributed by atoms with E-state index in [4.69, 9.17) is 4.74 Å². The number of nitrogens with zero attached hydrogens (tertiary/aromatic N) is 5. The van der Waals surface area contributed by atoms with E-state index in [1.165, 1.54) is 4.90 Å². The van der Waals surface area contributed by atoms with Crippen LogP contribution in [0.5, 0.6) is 5.75 Å². The molecule has 2 heterocycles. The molecule has 2 atom stereocenters. The highest BCUT2D eigenvalue weighted by atomic mass is 16.5. The normalized spacial score (nSPS) is 15.7. The zero-order valence-corrected chi connectivity index (χ0v) is 26.9. The molecule has 0 saturated carbocycles. The maximum Gasteiger partial charge on any atom is 0.407 e. The number of hydrogen-bond acceptors (Lipinski definition) is 5. The molecule has 2 amide bonds. The number of carbonyl (C=O) groups is 2. The molecule has 4 aromatic carbocycles. The van der Waals surface area contributed by atoms with Crippen molar-refractivity contribution in [3.63, 3.8) is 0 Å². The molecule has 1 saturated heterocycles. The monoisotopic (exact) mass is 629 g/mol. The molecule has 1 aliphatic heterocycles. The number of ether oxygens (including phenoxy) is 1. The fourth-order valence-electron chi connectivity index (χ4n) is 6.52. The Bertz CT molecular complexity index is 1820. The van der Waals surface area contributed by atoms with E-state index in [0.717, 1.165) is 16.7 Å². The summed E-state index contributed by atoms with van der Waals surface area (Å²) in [5.74, 6) is 0.227. The molecule has 240 valence electrons. The van der Waals surface area contributed by atoms with E-state index < -0.39 is 12.1 Å². The molecule has 0 aliphatic carbocycles. The van der Waals surface area contributed by atoms with E-state index in [-0.39, 0.29) is 42.6 Å². The highest BCUT2D eigenvalue weighted by Crippen LogP contribution is 2.41. The molecule has 9 nitrogen and oxygen atoms in total. The van der Waals surface area contributed by atoms with Crippen LogP contribution in [0.1, 0.15) is 48.3 Å². The minimum absolute atomic E-state index is 0.150. The summed E-state index contributed by atoms with van der Waals surface area (Å²) in [5.41, 5.74) is 4.07. The lowest BCUT2D eigenvalue weighted by Crippen LogP contribution is -2.59. The molecular formula is C38H39N5O4. The van der Waals surface area contributed by atoms with Crippen molar-refractivity contribution in [2.24, 2.45) is 5.41 Å². The summed E-state index contributed by atoms with van der Waals surface area (Å²) in [6.45, 7) is 7.44. The Morgan fingerprint density at radius 3 is 2.19 bits per heavy atom. The Labute approximate surface area is 275 Å². The third kappa shape index (κ3) is 6.89. The smallest absolute Gasteiger partial charge is 0.407 e. The average Bonchev–Trinajstić information content (AvgIpc) is 3.53. The van der Waals surface area contributed by atoms with Crippen LogP contribution < -0.4 is 4.74 Å². The summed E-state index contributed by atoms with van der Waals surface area (Å²) < 4.78 is 7.78. The molecule has 1 aliphatic rings. The predicted octanol–water partition coefficient (Wildman–Crippen LogP) is 7.15. The summed E-state index contributed by atoms with van der Waals surface area (Å²) in [6, 6.07) is 36.7. The SMILES string of the molecule is CC(C)(C)C(c1ccccc1)[C@@H]1CN(C(=O)O)CCN1C(=O)c1nnn(-c2cccc(OCc3ccccc3)c2)c1-c1ccccc1. The molecule has 1 fully saturated rings. The second kappa shape index (κ2) is 13.5. The Morgan fingerprint density at radius 2 is 1.53 bits per heavy atom. The van der Waals surface area contributed by atoms with E-state index in [2.05, 4.69) is 43.2 Å². The Balaban J connectivity index is 1.40. The number of benzene rings is 4. The molecule has 1 N–H and O–H groups in total. The maximum atomic E-state index is 14.7. The van der Waals surface area contributed by atoms with Crippen LogP contribution in [0.25, 0.3) is 16.9 Å². The summed E-state index contributed by atoms with van der Waals surface area (Å²) in [6.07, 6.45) is -0.992. The molecule has 9 heteroatoms. The highest BCUT2D eigenvalue weighted by molar-refractivity contribution is 5.98. The third-order valence-electron chi connectivity index (χ3n) is 8.66. The second-order valence-corrected chi connectivity index (χ2v) is 12.9. The van der Waals surface area contributed by atoms with Crippen LogP contribution in [-0.2, 0) is 6.61 Å². The first-order valence-corrected chi connectivity index (χ1v) is 15.8. The molecule has 5 aromatic rings. The number of piperazine rings is 1. The topological polar surface area (TPSA) is 101 Å². The van der Waals surface area contributed by atoms with E-state index in [1.54, 1.807) is 4.68 Å². The molecule has 0 radical (unpaired) electrons. The first-order chi connectivity index (χ1) is 22.7. The van der Waals surface area contributed by atoms with Gasteiger partial charge in [0, 0.05) is 37.2 Å². The second-order valence-electron chi connectivity index (χ2n) is 12.9. The minimum atomic E-state index is -0.992. The summed E-state index contributed by atoms with van der Waals surface area (Å²) in [7, 11) is 0. The first kappa shape index (κ1) is 31.5. The highest BCUT2D eigenvalue weighted by Gasteiger charge is 2.44. The van der Waals surface area contributed by atoms with Crippen LogP contribution in [0.3, 0.4) is 0 Å². The van der Waals surface area contributed by atoms with Crippen LogP contribution in [0.2, 0.25) is 0 Å². The average molecular weight is 630 g/mol. The van der Waals surface area contributed by atoms with Crippen molar-refractivity contribution in [3.05, 3.63) is 132 Å². The number of rotatable bonds is 8. The van der Waals surface area contributed by atoms with Crippen molar-refractivity contribution >= 4 is 12.0 Å². The van der Waals surface area contributed by atoms with E-state index >= 15 is 0 Å². The van der Waals surface area contributed by atoms with Crippen LogP contribution >= 0.6 is 0 Å². The van der Waals surface area contributed by atoms with Crippen molar-refractivity contribution in [2.45, 2.75) is 39.3 Å². The van der Waals surface area contributed by atoms with Crippen LogP contribution in [0.15, 0.2) is 115 Å². The van der Waals surface area contributed by atoms with Crippen molar-refractivity contribution in [2.75, 3.05) is 19.6 Å². The van der Waals surface area contributed by atoms with Crippen molar-refractivity contribution in [3.8, 4) is 22.7 Å². The van der Waals surface area contributed by atoms with Crippen LogP contribution in [0.4, 0.5) is 4.79 Å². The molecule has 1 unspecified atom stereocenters. The molecule has 0 spiro atoms. The maximum absolute atomic E-state index is 14.7. The van der Waals surface area contributed by atoms with Gasteiger partial charge in [-0.3, -0.25) is 4.79 Å². The molecule has 0 bridgehead atoms. The van der Waals surface area contributed by atoms with Crippen molar-refractivity contribution in [1.82, 2.24) is 24.8 Å². The van der Waals surface area contributed by atoms with Crippen molar-refractivity contribution in [1.29, 1.82) is 0 Å². The summed E-state index contributed by atoms with van der Waals surface area (Å²) >= 11 is 0. The Morgan fingerprint density at radius 1 is 0.872 bits per heavy atom. The lowest BCUT2D eigenvalue weighted by Gasteiger charge is -2.48. The molecular weight excluding hydrogens is 590 g/mol. The zero-order valence-electron chi connectivity index (χ0n) is 26.9. The number of hydrogen-bond donors (Lipinski definition) is 1. The van der Waals surface area contributed by atoms with Gasteiger partial charge in [0.2, 0.25) is 0 Å². The number of carbonyl (C=O) groups excluding carboxylic acids is 1. The van der Waals surface area contributed by atoms with Gasteiger partial charge in [-0.05, 0) is 28.7 Å². The van der Waals surface area contributed by atoms with E-state index in [0.29, 0.717) is 23.7 Å². The Hall–Kier alpha value is -5.44. The number of aromatic nitrogens is 3. The quantitative estimate of drug-likeness (QED) is 0.196. The summed E-state index contributed by atoms with van der Waals surface area (Å²) in [5, 5.41) is 19.0. The molecule has 1 aromatic heterocycles. The lowest BCUT2D eigenvalue weighted by molar-refractivity contribution is 0.0278. The van der Waals surface area contributed by atoms with Gasteiger partial charge in [0.05, 0.1) is 11.7 Å². The minimum Gasteiger partial charge on any atom is -0.489 e. The van der Waals surface area contributed by atoms with Crippen LogP contribution in [0, 0.1) is 5.41 Å². The molecule has 6 rings (SSSR count). The molecule has 47 heavy (non-hydrogen) atoms. The summed E-state index contributed by atoms with van der Waals surface area (Å²) in [4.78, 5) is 30.1. The van der Waals surface area contributed by atoms with Gasteiger partial charge in [0.1, 0.15) is 18.1 Å². The Kier molecular flexibility index (Phi) is 9.06. The van der Waals surface area contributed by atoms with Crippen molar-refractivity contribution < 1.29 is 19.4 Å². The van der Waals surface area contributed by atoms with Gasteiger partial charge in [0.15, 0.2) is 5.69 Å². The number of amides is 2. The lowest BCUT2D eigenvalue weighted by atomic mass is 9.71. The van der Waals surface area contributed by atoms with Gasteiger partial charge in [-0.2, -0.15) is 0 Å². The van der Waals surface area contributed by atoms with Gasteiger partial charge < -0.3 is 19.6 Å². The fourth-order valence-corrected chi connectivity index (χ4v) is 6.52. The van der Waals surface area contributed by atoms with E-state index in [9.17, 15) is 14.7 Å². The largest absolute Gasteiger partial charge is 0.489 e.